The van der Waals surface area contributed by atoms with E-state index in [1.54, 1.807) is 19.2 Å². The van der Waals surface area contributed by atoms with Crippen LogP contribution in [0.2, 0.25) is 0 Å². The van der Waals surface area contributed by atoms with Gasteiger partial charge in [-0.2, -0.15) is 0 Å². The first-order chi connectivity index (χ1) is 12.6. The molecule has 0 unspecified atom stereocenters. The molecule has 0 spiro atoms. The van der Waals surface area contributed by atoms with E-state index in [2.05, 4.69) is 0 Å². The van der Waals surface area contributed by atoms with Gasteiger partial charge >= 0.3 is 164 Å². The van der Waals surface area contributed by atoms with Gasteiger partial charge in [0.15, 0.2) is 0 Å². The first-order valence-electron chi connectivity index (χ1n) is 8.52. The minimum atomic E-state index is -0.678. The van der Waals surface area contributed by atoms with Gasteiger partial charge in [0.25, 0.3) is 0 Å². The van der Waals surface area contributed by atoms with Crippen LogP contribution in [0.1, 0.15) is 28.8 Å². The van der Waals surface area contributed by atoms with Gasteiger partial charge in [-0.15, -0.1) is 0 Å². The second-order valence-corrected chi connectivity index (χ2v) is 8.98. The van der Waals surface area contributed by atoms with E-state index in [9.17, 15) is 9.59 Å². The third-order valence-corrected chi connectivity index (χ3v) is 6.72. The normalized spacial score (nSPS) is 20.8. The summed E-state index contributed by atoms with van der Waals surface area (Å²) >= 11 is -0.678. The van der Waals surface area contributed by atoms with Crippen molar-refractivity contribution in [3.63, 3.8) is 0 Å². The Morgan fingerprint density at radius 2 is 2.00 bits per heavy atom. The summed E-state index contributed by atoms with van der Waals surface area (Å²) in [5.41, 5.74) is 1.33. The fourth-order valence-electron chi connectivity index (χ4n) is 3.17. The molecule has 8 heteroatoms. The molecule has 0 bridgehead atoms. The molecule has 1 fully saturated rings. The second-order valence-electron chi connectivity index (χ2n) is 6.16. The molecule has 144 valence electrons. The molecular formula is C18H23INO6-. The standard InChI is InChI=1S/C18H23INO6/c1-23-18(22)13-3-4-14-10-20(17(21)12-5-7-25-8-6-12)16(19-24-2)11-26-15(14)9-13/h3-4,9,12,16H,5-8,10-11H2,1-2H3/q-1/t16-/m0/s1. The van der Waals surface area contributed by atoms with E-state index < -0.39 is 27.6 Å². The van der Waals surface area contributed by atoms with Crippen LogP contribution in [0.4, 0.5) is 0 Å². The summed E-state index contributed by atoms with van der Waals surface area (Å²) < 4.78 is 21.4. The van der Waals surface area contributed by atoms with Gasteiger partial charge in [-0.3, -0.25) is 0 Å². The van der Waals surface area contributed by atoms with E-state index in [1.165, 1.54) is 7.11 Å². The molecule has 0 aromatic heterocycles. The number of carbonyl (C=O) groups excluding carboxylic acids is 2. The molecule has 0 radical (unpaired) electrons. The summed E-state index contributed by atoms with van der Waals surface area (Å²) in [7, 11) is 3.01. The number of carbonyl (C=O) groups is 2. The first-order valence-corrected chi connectivity index (χ1v) is 10.7. The predicted molar refractivity (Wildman–Crippen MR) is 88.2 cm³/mol. The molecule has 2 aliphatic rings. The topological polar surface area (TPSA) is 74.3 Å². The number of rotatable bonds is 4. The van der Waals surface area contributed by atoms with Crippen LogP contribution in [0.3, 0.4) is 0 Å². The van der Waals surface area contributed by atoms with Crippen LogP contribution < -0.4 is 26.4 Å². The van der Waals surface area contributed by atoms with Gasteiger partial charge in [0.05, 0.1) is 0 Å². The minimum absolute atomic E-state index is 0.0111. The monoisotopic (exact) mass is 476 g/mol. The van der Waals surface area contributed by atoms with E-state index >= 15 is 0 Å². The number of fused-ring (bicyclic) bond motifs is 1. The van der Waals surface area contributed by atoms with Crippen molar-refractivity contribution in [1.82, 2.24) is 4.90 Å². The molecule has 0 saturated carbocycles. The van der Waals surface area contributed by atoms with Crippen LogP contribution in [-0.2, 0) is 23.9 Å². The van der Waals surface area contributed by atoms with E-state index in [0.29, 0.717) is 37.7 Å². The summed E-state index contributed by atoms with van der Waals surface area (Å²) in [5.74, 6) is 0.350. The van der Waals surface area contributed by atoms with Crippen molar-refractivity contribution in [3.8, 4) is 5.75 Å². The van der Waals surface area contributed by atoms with Gasteiger partial charge in [-0.25, -0.2) is 0 Å². The molecule has 1 saturated heterocycles. The summed E-state index contributed by atoms with van der Waals surface area (Å²) in [6.07, 6.45) is 1.50. The number of halogens is 1. The summed E-state index contributed by atoms with van der Waals surface area (Å²) in [4.78, 5) is 26.8. The van der Waals surface area contributed by atoms with Crippen molar-refractivity contribution in [3.05, 3.63) is 29.3 Å². The number of esters is 1. The van der Waals surface area contributed by atoms with E-state index in [-0.39, 0.29) is 15.9 Å². The molecule has 1 atom stereocenters. The van der Waals surface area contributed by atoms with Crippen LogP contribution in [0.25, 0.3) is 0 Å². The third-order valence-electron chi connectivity index (χ3n) is 4.59. The Morgan fingerprint density at radius 3 is 2.69 bits per heavy atom. The van der Waals surface area contributed by atoms with E-state index in [1.807, 2.05) is 11.0 Å². The number of hydrogen-bond acceptors (Lipinski definition) is 6. The maximum absolute atomic E-state index is 13.1. The summed E-state index contributed by atoms with van der Waals surface area (Å²) in [6.45, 7) is 2.09. The number of amides is 1. The molecule has 1 aromatic carbocycles. The van der Waals surface area contributed by atoms with Crippen LogP contribution >= 0.6 is 0 Å². The molecule has 0 aliphatic carbocycles. The molecule has 2 heterocycles. The van der Waals surface area contributed by atoms with Gasteiger partial charge < -0.3 is 0 Å². The van der Waals surface area contributed by atoms with Crippen LogP contribution in [0.5, 0.6) is 5.75 Å². The SMILES string of the molecule is CO[I-][C@@H]1COc2cc(C(=O)OC)ccc2CN1C(=O)C1CCOCC1. The fraction of sp³-hybridized carbons (Fsp3) is 0.556. The van der Waals surface area contributed by atoms with Gasteiger partial charge in [-0.05, 0) is 0 Å². The molecular weight excluding hydrogens is 453 g/mol. The Bertz CT molecular complexity index is 661. The fourth-order valence-corrected chi connectivity index (χ4v) is 4.83. The zero-order valence-corrected chi connectivity index (χ0v) is 17.1. The van der Waals surface area contributed by atoms with Crippen LogP contribution in [-0.4, -0.2) is 54.9 Å². The molecule has 2 aliphatic heterocycles. The third kappa shape index (κ3) is 4.29. The zero-order chi connectivity index (χ0) is 18.5. The Labute approximate surface area is 163 Å². The van der Waals surface area contributed by atoms with Gasteiger partial charge in [0.1, 0.15) is 0 Å². The van der Waals surface area contributed by atoms with Crippen molar-refractivity contribution in [1.29, 1.82) is 0 Å². The number of benzene rings is 1. The van der Waals surface area contributed by atoms with Crippen molar-refractivity contribution in [2.45, 2.75) is 23.4 Å². The van der Waals surface area contributed by atoms with Crippen molar-refractivity contribution >= 4 is 11.9 Å². The van der Waals surface area contributed by atoms with Gasteiger partial charge in [0.2, 0.25) is 0 Å². The van der Waals surface area contributed by atoms with Gasteiger partial charge in [0, 0.05) is 0 Å². The quantitative estimate of drug-likeness (QED) is 0.231. The summed E-state index contributed by atoms with van der Waals surface area (Å²) in [5, 5.41) is 0. The average molecular weight is 476 g/mol. The molecule has 26 heavy (non-hydrogen) atoms. The van der Waals surface area contributed by atoms with E-state index in [0.717, 1.165) is 18.4 Å². The molecule has 0 N–H and O–H groups in total. The average Bonchev–Trinajstić information content (AvgIpc) is 2.87. The number of methoxy groups -OCH3 is 1. The second kappa shape index (κ2) is 9.01. The number of alkyl halides is 1. The van der Waals surface area contributed by atoms with Crippen molar-refractivity contribution in [2.24, 2.45) is 5.92 Å². The van der Waals surface area contributed by atoms with Crippen molar-refractivity contribution in [2.75, 3.05) is 34.0 Å². The zero-order valence-electron chi connectivity index (χ0n) is 14.9. The Hall–Kier alpha value is -1.39. The molecule has 3 rings (SSSR count). The van der Waals surface area contributed by atoms with Crippen LogP contribution in [0, 0.1) is 5.92 Å². The molecule has 1 amide bonds. The number of hydrogen-bond donors (Lipinski definition) is 0. The Balaban J connectivity index is 1.85. The van der Waals surface area contributed by atoms with Crippen molar-refractivity contribution < 1.29 is 48.5 Å². The van der Waals surface area contributed by atoms with E-state index in [4.69, 9.17) is 17.3 Å². The summed E-state index contributed by atoms with van der Waals surface area (Å²) in [6, 6.07) is 5.22. The van der Waals surface area contributed by atoms with Crippen LogP contribution in [0.15, 0.2) is 18.2 Å². The Morgan fingerprint density at radius 1 is 1.23 bits per heavy atom. The maximum atomic E-state index is 13.1. The number of ether oxygens (including phenoxy) is 3. The number of nitrogens with zero attached hydrogens (tertiary/aromatic N) is 1. The molecule has 1 aromatic rings. The van der Waals surface area contributed by atoms with Gasteiger partial charge in [-0.1, -0.05) is 0 Å². The predicted octanol–water partition coefficient (Wildman–Crippen LogP) is -1.40. The molecule has 7 nitrogen and oxygen atoms in total. The Kier molecular flexibility index (Phi) is 6.71. The first kappa shape index (κ1) is 19.4.